The molecule has 1 aliphatic rings. The summed E-state index contributed by atoms with van der Waals surface area (Å²) in [6.45, 7) is 1.80. The van der Waals surface area contributed by atoms with Gasteiger partial charge in [0.2, 0.25) is 29.5 Å². The maximum absolute atomic E-state index is 14.6. The molecule has 0 spiro atoms. The first-order valence-corrected chi connectivity index (χ1v) is 20.7. The fourth-order valence-electron chi connectivity index (χ4n) is 7.67. The smallest absolute Gasteiger partial charge is 0.243 e. The van der Waals surface area contributed by atoms with Crippen LogP contribution in [0.2, 0.25) is 0 Å². The third-order valence-corrected chi connectivity index (χ3v) is 11.1. The van der Waals surface area contributed by atoms with Gasteiger partial charge in [-0.25, -0.2) is 0 Å². The van der Waals surface area contributed by atoms with E-state index in [4.69, 9.17) is 11.5 Å². The summed E-state index contributed by atoms with van der Waals surface area (Å²) >= 11 is 0. The number of hydrogen-bond donors (Lipinski definition) is 8. The van der Waals surface area contributed by atoms with Crippen molar-refractivity contribution in [3.05, 3.63) is 126 Å². The van der Waals surface area contributed by atoms with Crippen LogP contribution in [0.25, 0.3) is 21.5 Å². The first-order chi connectivity index (χ1) is 29.1. The van der Waals surface area contributed by atoms with E-state index in [0.29, 0.717) is 50.9 Å². The Hall–Kier alpha value is -6.31. The molecule has 4 atom stereocenters. The lowest BCUT2D eigenvalue weighted by atomic mass is 9.95. The van der Waals surface area contributed by atoms with Gasteiger partial charge in [0.05, 0.1) is 0 Å². The fraction of sp³-hybridized carbons (Fsp3) is 0.340. The quantitative estimate of drug-likeness (QED) is 0.0578. The number of hydrogen-bond acceptors (Lipinski definition) is 8. The van der Waals surface area contributed by atoms with Crippen LogP contribution in [0.3, 0.4) is 0 Å². The molecule has 13 heteroatoms. The molecule has 0 radical (unpaired) electrons. The van der Waals surface area contributed by atoms with Gasteiger partial charge in [0.1, 0.15) is 29.9 Å². The summed E-state index contributed by atoms with van der Waals surface area (Å²) in [6, 6.07) is 29.1. The van der Waals surface area contributed by atoms with Gasteiger partial charge in [-0.1, -0.05) is 97.1 Å². The summed E-state index contributed by atoms with van der Waals surface area (Å²) < 4.78 is 0. The van der Waals surface area contributed by atoms with Crippen molar-refractivity contribution in [2.45, 2.75) is 75.5 Å². The lowest BCUT2D eigenvalue weighted by Gasteiger charge is -2.28. The zero-order valence-corrected chi connectivity index (χ0v) is 33.7. The number of primary amides is 1. The predicted molar refractivity (Wildman–Crippen MR) is 233 cm³/mol. The zero-order valence-electron chi connectivity index (χ0n) is 33.7. The molecular weight excluding hydrogens is 759 g/mol. The summed E-state index contributed by atoms with van der Waals surface area (Å²) in [5.74, 6) is -3.04. The number of piperidine rings is 1. The minimum atomic E-state index is -1.21. The Balaban J connectivity index is 1.30. The molecule has 5 aromatic rings. The molecule has 1 saturated heterocycles. The van der Waals surface area contributed by atoms with E-state index in [0.717, 1.165) is 32.7 Å². The van der Waals surface area contributed by atoms with Crippen LogP contribution in [-0.2, 0) is 43.2 Å². The van der Waals surface area contributed by atoms with Crippen LogP contribution in [0.5, 0.6) is 5.75 Å². The Bertz CT molecular complexity index is 2280. The van der Waals surface area contributed by atoms with Crippen molar-refractivity contribution < 1.29 is 29.1 Å². The molecule has 1 aliphatic heterocycles. The normalized spacial score (nSPS) is 15.0. The summed E-state index contributed by atoms with van der Waals surface area (Å²) in [5, 5.41) is 28.7. The number of nitrogens with two attached hydrogens (primary N) is 2. The molecule has 0 aromatic heterocycles. The third-order valence-electron chi connectivity index (χ3n) is 11.1. The molecule has 0 bridgehead atoms. The van der Waals surface area contributed by atoms with Crippen LogP contribution in [0.1, 0.15) is 48.8 Å². The molecule has 5 amide bonds. The molecule has 0 unspecified atom stereocenters. The molecule has 60 heavy (non-hydrogen) atoms. The first-order valence-electron chi connectivity index (χ1n) is 20.7. The van der Waals surface area contributed by atoms with E-state index in [-0.39, 0.29) is 43.3 Å². The van der Waals surface area contributed by atoms with E-state index in [9.17, 15) is 29.1 Å². The Morgan fingerprint density at radius 3 is 1.53 bits per heavy atom. The first kappa shape index (κ1) is 43.3. The number of phenolic OH excluding ortho intramolecular Hbond substituents is 1. The van der Waals surface area contributed by atoms with E-state index in [2.05, 4.69) is 26.6 Å². The van der Waals surface area contributed by atoms with E-state index >= 15 is 0 Å². The number of carbonyl (C=O) groups is 5. The van der Waals surface area contributed by atoms with Gasteiger partial charge in [-0.05, 0) is 102 Å². The maximum Gasteiger partial charge on any atom is 0.243 e. The molecule has 5 aromatic carbocycles. The number of phenols is 1. The molecule has 0 aliphatic carbocycles. The number of fused-ring (bicyclic) bond motifs is 2. The van der Waals surface area contributed by atoms with Gasteiger partial charge in [0.15, 0.2) is 0 Å². The van der Waals surface area contributed by atoms with Gasteiger partial charge in [-0.15, -0.1) is 0 Å². The molecule has 10 N–H and O–H groups in total. The zero-order chi connectivity index (χ0) is 42.4. The highest BCUT2D eigenvalue weighted by atomic mass is 16.3. The van der Waals surface area contributed by atoms with Gasteiger partial charge in [0.25, 0.3) is 0 Å². The summed E-state index contributed by atoms with van der Waals surface area (Å²) in [4.78, 5) is 69.2. The Labute approximate surface area is 350 Å². The highest BCUT2D eigenvalue weighted by Gasteiger charge is 2.33. The largest absolute Gasteiger partial charge is 0.508 e. The van der Waals surface area contributed by atoms with Crippen molar-refractivity contribution in [3.63, 3.8) is 0 Å². The monoisotopic (exact) mass is 813 g/mol. The molecular formula is C47H55N7O6. The number of amides is 5. The lowest BCUT2D eigenvalue weighted by Crippen LogP contribution is -2.59. The van der Waals surface area contributed by atoms with Gasteiger partial charge in [-0.2, -0.15) is 0 Å². The van der Waals surface area contributed by atoms with E-state index in [1.54, 1.807) is 12.1 Å². The van der Waals surface area contributed by atoms with Gasteiger partial charge < -0.3 is 43.2 Å². The van der Waals surface area contributed by atoms with Gasteiger partial charge >= 0.3 is 0 Å². The van der Waals surface area contributed by atoms with Crippen molar-refractivity contribution in [2.75, 3.05) is 19.6 Å². The van der Waals surface area contributed by atoms with Crippen LogP contribution in [-0.4, -0.2) is 78.4 Å². The highest BCUT2D eigenvalue weighted by molar-refractivity contribution is 5.96. The number of aromatic hydroxyl groups is 1. The average molecular weight is 814 g/mol. The second-order valence-electron chi connectivity index (χ2n) is 15.6. The van der Waals surface area contributed by atoms with Gasteiger partial charge in [-0.3, -0.25) is 24.0 Å². The van der Waals surface area contributed by atoms with Crippen molar-refractivity contribution in [1.82, 2.24) is 26.6 Å². The summed E-state index contributed by atoms with van der Waals surface area (Å²) in [5.41, 5.74) is 13.5. The number of unbranched alkanes of at least 4 members (excludes halogenated alkanes) is 1. The average Bonchev–Trinajstić information content (AvgIpc) is 3.26. The number of benzene rings is 5. The van der Waals surface area contributed by atoms with Crippen LogP contribution in [0, 0.1) is 5.92 Å². The fourth-order valence-corrected chi connectivity index (χ4v) is 7.67. The number of rotatable bonds is 19. The third kappa shape index (κ3) is 12.1. The minimum absolute atomic E-state index is 0.000330. The number of carbonyl (C=O) groups excluding carboxylic acids is 5. The van der Waals surface area contributed by atoms with Crippen LogP contribution >= 0.6 is 0 Å². The molecule has 1 fully saturated rings. The van der Waals surface area contributed by atoms with E-state index < -0.39 is 47.8 Å². The van der Waals surface area contributed by atoms with Crippen molar-refractivity contribution in [2.24, 2.45) is 17.4 Å². The van der Waals surface area contributed by atoms with E-state index in [1.165, 1.54) is 12.1 Å². The predicted octanol–water partition coefficient (Wildman–Crippen LogP) is 3.28. The lowest BCUT2D eigenvalue weighted by molar-refractivity contribution is -0.135. The van der Waals surface area contributed by atoms with Crippen molar-refractivity contribution >= 4 is 51.1 Å². The van der Waals surface area contributed by atoms with Crippen LogP contribution in [0.15, 0.2) is 109 Å². The molecule has 0 saturated carbocycles. The summed E-state index contributed by atoms with van der Waals surface area (Å²) in [6.07, 6.45) is 2.94. The molecule has 314 valence electrons. The maximum atomic E-state index is 14.6. The Kier molecular flexibility index (Phi) is 15.2. The highest BCUT2D eigenvalue weighted by Crippen LogP contribution is 2.20. The van der Waals surface area contributed by atoms with Crippen LogP contribution < -0.4 is 38.1 Å². The molecule has 13 nitrogen and oxygen atoms in total. The summed E-state index contributed by atoms with van der Waals surface area (Å²) in [7, 11) is 0. The topological polar surface area (TPSA) is 218 Å². The minimum Gasteiger partial charge on any atom is -0.508 e. The second-order valence-corrected chi connectivity index (χ2v) is 15.6. The molecule has 6 rings (SSSR count). The SMILES string of the molecule is NCCCC[C@H](NC(=O)[C@H](Cc1ccc(O)cc1)NC(=O)[C@@H](Cc1ccc2ccccc2c1)NC(=O)[C@@H](Cc1ccc2ccccc2c1)NC(=O)C1CCNCC1)C(N)=O. The Morgan fingerprint density at radius 2 is 1.03 bits per heavy atom. The van der Waals surface area contributed by atoms with E-state index in [1.807, 2.05) is 84.9 Å². The standard InChI is InChI=1S/C47H55N7O6/c48-22-6-5-11-39(43(49)56)51-45(58)40(27-30-14-18-38(55)19-15-30)53-47(60)42(29-32-13-17-34-8-2-4-10-37(34)26-32)54-46(59)41(52-44(57)35-20-23-50-24-21-35)28-31-12-16-33-7-1-3-9-36(33)25-31/h1-4,7-10,12-19,25-26,35,39-42,50,55H,5-6,11,20-24,27-29,48H2,(H2,49,56)(H,51,58)(H,52,57)(H,53,60)(H,54,59)/t39-,40-,41+,42+/m0/s1. The second kappa shape index (κ2) is 21.1. The van der Waals surface area contributed by atoms with Crippen LogP contribution in [0.4, 0.5) is 0 Å². The number of nitrogens with one attached hydrogen (secondary N) is 5. The Morgan fingerprint density at radius 1 is 0.583 bits per heavy atom. The van der Waals surface area contributed by atoms with Gasteiger partial charge in [0, 0.05) is 25.2 Å². The molecule has 1 heterocycles. The van der Waals surface area contributed by atoms with Crippen molar-refractivity contribution in [3.8, 4) is 5.75 Å². The van der Waals surface area contributed by atoms with Crippen molar-refractivity contribution in [1.29, 1.82) is 0 Å².